The zero-order valence-electron chi connectivity index (χ0n) is 12.5. The maximum Gasteiger partial charge on any atom is 0.269 e. The highest BCUT2D eigenvalue weighted by atomic mass is 32.1. The van der Waals surface area contributed by atoms with Crippen LogP contribution in [0.3, 0.4) is 0 Å². The van der Waals surface area contributed by atoms with E-state index in [1.165, 1.54) is 24.3 Å². The molecule has 0 saturated carbocycles. The first-order chi connectivity index (χ1) is 11.5. The van der Waals surface area contributed by atoms with E-state index in [4.69, 9.17) is 12.2 Å². The number of nitro groups is 2. The average Bonchev–Trinajstić information content (AvgIpc) is 2.58. The van der Waals surface area contributed by atoms with Gasteiger partial charge in [-0.25, -0.2) is 0 Å². The minimum Gasteiger partial charge on any atom is -0.359 e. The summed E-state index contributed by atoms with van der Waals surface area (Å²) in [6.45, 7) is 0.869. The number of rotatable bonds is 6. The van der Waals surface area contributed by atoms with E-state index in [1.54, 1.807) is 24.3 Å². The number of benzene rings is 2. The van der Waals surface area contributed by atoms with Crippen LogP contribution in [0.2, 0.25) is 0 Å². The van der Waals surface area contributed by atoms with Crippen LogP contribution < -0.4 is 10.6 Å². The van der Waals surface area contributed by atoms with Gasteiger partial charge in [0.15, 0.2) is 5.11 Å². The fraction of sp³-hybridized carbons (Fsp3) is 0.133. The zero-order valence-corrected chi connectivity index (χ0v) is 13.3. The molecule has 0 aliphatic carbocycles. The Bertz CT molecular complexity index is 684. The van der Waals surface area contributed by atoms with E-state index in [-0.39, 0.29) is 11.4 Å². The van der Waals surface area contributed by atoms with E-state index in [1.807, 2.05) is 0 Å². The summed E-state index contributed by atoms with van der Waals surface area (Å²) >= 11 is 5.15. The smallest absolute Gasteiger partial charge is 0.269 e. The van der Waals surface area contributed by atoms with Crippen molar-refractivity contribution < 1.29 is 9.85 Å². The van der Waals surface area contributed by atoms with Crippen molar-refractivity contribution in [2.24, 2.45) is 0 Å². The highest BCUT2D eigenvalue weighted by Crippen LogP contribution is 2.12. The van der Waals surface area contributed by atoms with Gasteiger partial charge in [-0.15, -0.1) is 0 Å². The quantitative estimate of drug-likeness (QED) is 0.470. The van der Waals surface area contributed by atoms with Gasteiger partial charge in [-0.1, -0.05) is 24.3 Å². The van der Waals surface area contributed by atoms with Crippen molar-refractivity contribution in [3.05, 3.63) is 79.9 Å². The summed E-state index contributed by atoms with van der Waals surface area (Å²) in [5.74, 6) is 0. The van der Waals surface area contributed by atoms with Crippen LogP contribution in [0.5, 0.6) is 0 Å². The molecular formula is C15H14N4O4S. The Labute approximate surface area is 142 Å². The van der Waals surface area contributed by atoms with Gasteiger partial charge in [0, 0.05) is 37.4 Å². The van der Waals surface area contributed by atoms with E-state index in [2.05, 4.69) is 10.6 Å². The highest BCUT2D eigenvalue weighted by molar-refractivity contribution is 7.80. The molecular weight excluding hydrogens is 332 g/mol. The maximum atomic E-state index is 10.6. The second kappa shape index (κ2) is 7.97. The lowest BCUT2D eigenvalue weighted by atomic mass is 10.2. The lowest BCUT2D eigenvalue weighted by Crippen LogP contribution is -2.34. The van der Waals surface area contributed by atoms with Gasteiger partial charge in [-0.05, 0) is 23.3 Å². The summed E-state index contributed by atoms with van der Waals surface area (Å²) in [6.07, 6.45) is 0. The van der Waals surface area contributed by atoms with Crippen molar-refractivity contribution in [2.75, 3.05) is 0 Å². The second-order valence-corrected chi connectivity index (χ2v) is 5.29. The largest absolute Gasteiger partial charge is 0.359 e. The summed E-state index contributed by atoms with van der Waals surface area (Å²) in [5.41, 5.74) is 1.80. The van der Waals surface area contributed by atoms with Gasteiger partial charge < -0.3 is 10.6 Å². The molecule has 0 unspecified atom stereocenters. The first-order valence-electron chi connectivity index (χ1n) is 6.94. The first-order valence-corrected chi connectivity index (χ1v) is 7.35. The summed E-state index contributed by atoms with van der Waals surface area (Å²) in [7, 11) is 0. The molecule has 24 heavy (non-hydrogen) atoms. The highest BCUT2D eigenvalue weighted by Gasteiger charge is 2.05. The molecule has 0 atom stereocenters. The Kier molecular flexibility index (Phi) is 5.74. The van der Waals surface area contributed by atoms with Gasteiger partial charge in [0.1, 0.15) is 0 Å². The summed E-state index contributed by atoms with van der Waals surface area (Å²) < 4.78 is 0. The van der Waals surface area contributed by atoms with Gasteiger partial charge >= 0.3 is 0 Å². The molecule has 2 rings (SSSR count). The molecule has 2 aromatic rings. The average molecular weight is 346 g/mol. The van der Waals surface area contributed by atoms with E-state index >= 15 is 0 Å². The topological polar surface area (TPSA) is 110 Å². The third kappa shape index (κ3) is 4.99. The van der Waals surface area contributed by atoms with Crippen LogP contribution in [0.4, 0.5) is 11.4 Å². The molecule has 0 heterocycles. The van der Waals surface area contributed by atoms with Gasteiger partial charge in [0.2, 0.25) is 0 Å². The normalized spacial score (nSPS) is 10.0. The zero-order chi connectivity index (χ0) is 17.5. The third-order valence-electron chi connectivity index (χ3n) is 3.20. The van der Waals surface area contributed by atoms with Crippen LogP contribution in [-0.4, -0.2) is 15.0 Å². The number of nitro benzene ring substituents is 2. The summed E-state index contributed by atoms with van der Waals surface area (Å²) in [6, 6.07) is 12.4. The fourth-order valence-corrected chi connectivity index (χ4v) is 2.04. The lowest BCUT2D eigenvalue weighted by molar-refractivity contribution is -0.385. The third-order valence-corrected chi connectivity index (χ3v) is 3.49. The first kappa shape index (κ1) is 17.3. The Balaban J connectivity index is 1.78. The minimum absolute atomic E-state index is 0.0395. The van der Waals surface area contributed by atoms with E-state index in [9.17, 15) is 20.2 Å². The Morgan fingerprint density at radius 1 is 0.792 bits per heavy atom. The van der Waals surface area contributed by atoms with Gasteiger partial charge in [0.05, 0.1) is 9.85 Å². The Morgan fingerprint density at radius 3 is 1.42 bits per heavy atom. The molecule has 0 fully saturated rings. The summed E-state index contributed by atoms with van der Waals surface area (Å²) in [5, 5.41) is 27.6. The van der Waals surface area contributed by atoms with Crippen molar-refractivity contribution in [1.29, 1.82) is 0 Å². The van der Waals surface area contributed by atoms with Crippen LogP contribution >= 0.6 is 12.2 Å². The van der Waals surface area contributed by atoms with Gasteiger partial charge in [-0.2, -0.15) is 0 Å². The predicted molar refractivity (Wildman–Crippen MR) is 92.5 cm³/mol. The van der Waals surface area contributed by atoms with Crippen LogP contribution in [0.25, 0.3) is 0 Å². The number of hydrogen-bond donors (Lipinski definition) is 2. The van der Waals surface area contributed by atoms with Crippen molar-refractivity contribution >= 4 is 28.7 Å². The van der Waals surface area contributed by atoms with E-state index in [0.717, 1.165) is 11.1 Å². The molecule has 0 aliphatic rings. The van der Waals surface area contributed by atoms with Crippen molar-refractivity contribution in [3.8, 4) is 0 Å². The molecule has 124 valence electrons. The van der Waals surface area contributed by atoms with Gasteiger partial charge in [0.25, 0.3) is 11.4 Å². The predicted octanol–water partition coefficient (Wildman–Crippen LogP) is 2.67. The molecule has 0 bridgehead atoms. The molecule has 2 aromatic carbocycles. The molecule has 0 amide bonds. The van der Waals surface area contributed by atoms with Crippen molar-refractivity contribution in [2.45, 2.75) is 13.1 Å². The van der Waals surface area contributed by atoms with Crippen molar-refractivity contribution in [1.82, 2.24) is 10.6 Å². The standard InChI is InChI=1S/C15H14N4O4S/c20-18(21)13-5-1-11(2-6-13)9-16-15(24)17-10-12-3-7-14(8-4-12)19(22)23/h1-8H,9-10H2,(H2,16,17,24). The monoisotopic (exact) mass is 346 g/mol. The fourth-order valence-electron chi connectivity index (χ4n) is 1.90. The number of nitrogens with zero attached hydrogens (tertiary/aromatic N) is 2. The maximum absolute atomic E-state index is 10.6. The van der Waals surface area contributed by atoms with E-state index < -0.39 is 9.85 Å². The lowest BCUT2D eigenvalue weighted by Gasteiger charge is -2.10. The number of nitrogens with one attached hydrogen (secondary N) is 2. The molecule has 0 spiro atoms. The van der Waals surface area contributed by atoms with Crippen LogP contribution in [0.1, 0.15) is 11.1 Å². The number of non-ortho nitro benzene ring substituents is 2. The minimum atomic E-state index is -0.451. The molecule has 0 radical (unpaired) electrons. The van der Waals surface area contributed by atoms with Gasteiger partial charge in [-0.3, -0.25) is 20.2 Å². The molecule has 0 saturated heterocycles. The Hall–Kier alpha value is -3.07. The van der Waals surface area contributed by atoms with Crippen molar-refractivity contribution in [3.63, 3.8) is 0 Å². The Morgan fingerprint density at radius 2 is 1.12 bits per heavy atom. The second-order valence-electron chi connectivity index (χ2n) is 4.88. The number of hydrogen-bond acceptors (Lipinski definition) is 5. The van der Waals surface area contributed by atoms with Crippen LogP contribution in [-0.2, 0) is 13.1 Å². The van der Waals surface area contributed by atoms with E-state index in [0.29, 0.717) is 18.2 Å². The summed E-state index contributed by atoms with van der Waals surface area (Å²) in [4.78, 5) is 20.3. The van der Waals surface area contributed by atoms with Crippen LogP contribution in [0, 0.1) is 20.2 Å². The number of thiocarbonyl (C=S) groups is 1. The molecule has 9 heteroatoms. The molecule has 2 N–H and O–H groups in total. The molecule has 0 aromatic heterocycles. The molecule has 8 nitrogen and oxygen atoms in total. The molecule has 0 aliphatic heterocycles. The SMILES string of the molecule is O=[N+]([O-])c1ccc(CNC(=S)NCc2ccc([N+](=O)[O-])cc2)cc1. The van der Waals surface area contributed by atoms with Crippen LogP contribution in [0.15, 0.2) is 48.5 Å².